The van der Waals surface area contributed by atoms with Gasteiger partial charge in [0.2, 0.25) is 11.8 Å². The van der Waals surface area contributed by atoms with Gasteiger partial charge in [-0.1, -0.05) is 44.5 Å². The highest BCUT2D eigenvalue weighted by atomic mass is 28.3. The van der Waals surface area contributed by atoms with E-state index in [1.807, 2.05) is 6.92 Å². The third-order valence-electron chi connectivity index (χ3n) is 4.19. The standard InChI is InChI=1S/C23H30N2O5Si/c1-7-8-9-11-17-12-10-13-18(21(17)22(26)29-14-15-31(4,5)6)30-23-24-19(27-2)16-20(25-23)28-3/h10,12-13,16H,7-8,14-15H2,1-6H3. The number of esters is 1. The van der Waals surface area contributed by atoms with Crippen LogP contribution in [0.5, 0.6) is 23.5 Å². The molecule has 1 heterocycles. The Kier molecular flexibility index (Phi) is 8.88. The third kappa shape index (κ3) is 7.61. The summed E-state index contributed by atoms with van der Waals surface area (Å²) < 4.78 is 21.8. The second-order valence-electron chi connectivity index (χ2n) is 8.01. The Morgan fingerprint density at radius 1 is 1.10 bits per heavy atom. The van der Waals surface area contributed by atoms with Crippen molar-refractivity contribution >= 4 is 14.0 Å². The molecule has 0 fully saturated rings. The Balaban J connectivity index is 2.41. The largest absolute Gasteiger partial charge is 0.481 e. The van der Waals surface area contributed by atoms with Crippen LogP contribution in [-0.2, 0) is 4.74 Å². The van der Waals surface area contributed by atoms with Gasteiger partial charge in [0.25, 0.3) is 0 Å². The van der Waals surface area contributed by atoms with Crippen LogP contribution in [-0.4, -0.2) is 44.8 Å². The molecular formula is C23H30N2O5Si. The molecule has 8 heteroatoms. The molecule has 1 aromatic carbocycles. The molecule has 0 radical (unpaired) electrons. The minimum atomic E-state index is -1.34. The summed E-state index contributed by atoms with van der Waals surface area (Å²) in [5, 5.41) is 0. The summed E-state index contributed by atoms with van der Waals surface area (Å²) >= 11 is 0. The number of carbonyl (C=O) groups is 1. The molecule has 0 N–H and O–H groups in total. The second-order valence-corrected chi connectivity index (χ2v) is 13.6. The Morgan fingerprint density at radius 3 is 2.35 bits per heavy atom. The van der Waals surface area contributed by atoms with Gasteiger partial charge in [-0.2, -0.15) is 9.97 Å². The molecule has 0 aliphatic rings. The molecule has 0 spiro atoms. The minimum absolute atomic E-state index is 0.00832. The van der Waals surface area contributed by atoms with Gasteiger partial charge in [-0.25, -0.2) is 4.79 Å². The molecule has 31 heavy (non-hydrogen) atoms. The van der Waals surface area contributed by atoms with Crippen LogP contribution in [0.25, 0.3) is 0 Å². The summed E-state index contributed by atoms with van der Waals surface area (Å²) in [5.41, 5.74) is 0.797. The van der Waals surface area contributed by atoms with Gasteiger partial charge < -0.3 is 18.9 Å². The van der Waals surface area contributed by atoms with E-state index in [0.29, 0.717) is 12.2 Å². The quantitative estimate of drug-likeness (QED) is 0.309. The Morgan fingerprint density at radius 2 is 1.77 bits per heavy atom. The molecule has 0 bridgehead atoms. The first-order valence-electron chi connectivity index (χ1n) is 10.2. The Labute approximate surface area is 185 Å². The lowest BCUT2D eigenvalue weighted by Gasteiger charge is -2.16. The van der Waals surface area contributed by atoms with E-state index in [9.17, 15) is 4.79 Å². The van der Waals surface area contributed by atoms with Crippen molar-refractivity contribution < 1.29 is 23.7 Å². The lowest BCUT2D eigenvalue weighted by molar-refractivity contribution is 0.0522. The molecule has 0 amide bonds. The van der Waals surface area contributed by atoms with E-state index >= 15 is 0 Å². The van der Waals surface area contributed by atoms with Crippen molar-refractivity contribution in [2.75, 3.05) is 20.8 Å². The first kappa shape index (κ1) is 24.2. The summed E-state index contributed by atoms with van der Waals surface area (Å²) in [7, 11) is 1.62. The number of nitrogens with zero attached hydrogens (tertiary/aromatic N) is 2. The molecule has 0 atom stereocenters. The van der Waals surface area contributed by atoms with Crippen LogP contribution in [0.1, 0.15) is 35.7 Å². The van der Waals surface area contributed by atoms with E-state index in [1.165, 1.54) is 20.3 Å². The summed E-state index contributed by atoms with van der Waals surface area (Å²) in [6, 6.07) is 7.60. The van der Waals surface area contributed by atoms with E-state index in [4.69, 9.17) is 18.9 Å². The number of benzene rings is 1. The minimum Gasteiger partial charge on any atom is -0.481 e. The molecule has 0 saturated carbocycles. The fourth-order valence-electron chi connectivity index (χ4n) is 2.47. The predicted molar refractivity (Wildman–Crippen MR) is 122 cm³/mol. The maximum Gasteiger partial charge on any atom is 0.343 e. The van der Waals surface area contributed by atoms with Crippen molar-refractivity contribution in [3.8, 4) is 35.4 Å². The van der Waals surface area contributed by atoms with Crippen molar-refractivity contribution in [2.24, 2.45) is 0 Å². The van der Waals surface area contributed by atoms with E-state index in [2.05, 4.69) is 41.4 Å². The van der Waals surface area contributed by atoms with Crippen molar-refractivity contribution in [1.29, 1.82) is 0 Å². The smallest absolute Gasteiger partial charge is 0.343 e. The average Bonchev–Trinajstić information content (AvgIpc) is 2.72. The number of ether oxygens (including phenoxy) is 4. The molecule has 2 aromatic rings. The molecular weight excluding hydrogens is 412 g/mol. The van der Waals surface area contributed by atoms with Gasteiger partial charge in [0, 0.05) is 20.1 Å². The highest BCUT2D eigenvalue weighted by Crippen LogP contribution is 2.29. The van der Waals surface area contributed by atoms with E-state index in [1.54, 1.807) is 18.2 Å². The topological polar surface area (TPSA) is 79.8 Å². The summed E-state index contributed by atoms with van der Waals surface area (Å²) in [6.07, 6.45) is 1.65. The Bertz CT molecular complexity index is 938. The highest BCUT2D eigenvalue weighted by Gasteiger charge is 2.22. The third-order valence-corrected chi connectivity index (χ3v) is 5.90. The first-order chi connectivity index (χ1) is 14.8. The van der Waals surface area contributed by atoms with Gasteiger partial charge in [0.05, 0.1) is 26.9 Å². The number of hydrogen-bond donors (Lipinski definition) is 0. The number of hydrogen-bond acceptors (Lipinski definition) is 7. The molecule has 2 rings (SSSR count). The fourth-order valence-corrected chi connectivity index (χ4v) is 3.19. The zero-order valence-electron chi connectivity index (χ0n) is 19.1. The lowest BCUT2D eigenvalue weighted by Crippen LogP contribution is -2.23. The number of rotatable bonds is 9. The van der Waals surface area contributed by atoms with Crippen LogP contribution in [0.15, 0.2) is 24.3 Å². The molecule has 0 aliphatic carbocycles. The van der Waals surface area contributed by atoms with Crippen LogP contribution in [0, 0.1) is 11.8 Å². The molecule has 1 aromatic heterocycles. The number of aromatic nitrogens is 2. The van der Waals surface area contributed by atoms with E-state index in [0.717, 1.165) is 18.9 Å². The highest BCUT2D eigenvalue weighted by molar-refractivity contribution is 6.76. The molecule has 7 nitrogen and oxygen atoms in total. The second kappa shape index (κ2) is 11.4. The number of unbranched alkanes of at least 4 members (excludes halogenated alkanes) is 1. The maximum absolute atomic E-state index is 13.0. The van der Waals surface area contributed by atoms with E-state index < -0.39 is 14.0 Å². The Hall–Kier alpha value is -3.05. The van der Waals surface area contributed by atoms with Crippen LogP contribution >= 0.6 is 0 Å². The van der Waals surface area contributed by atoms with Crippen LogP contribution in [0.4, 0.5) is 0 Å². The van der Waals surface area contributed by atoms with Gasteiger partial charge in [-0.3, -0.25) is 0 Å². The molecule has 166 valence electrons. The average molecular weight is 443 g/mol. The summed E-state index contributed by atoms with van der Waals surface area (Å²) in [5.74, 6) is 6.47. The van der Waals surface area contributed by atoms with Crippen molar-refractivity contribution in [1.82, 2.24) is 9.97 Å². The zero-order chi connectivity index (χ0) is 22.9. The van der Waals surface area contributed by atoms with Crippen LogP contribution in [0.3, 0.4) is 0 Å². The normalized spacial score (nSPS) is 10.6. The van der Waals surface area contributed by atoms with Gasteiger partial charge >= 0.3 is 12.0 Å². The van der Waals surface area contributed by atoms with Gasteiger partial charge in [0.15, 0.2) is 0 Å². The van der Waals surface area contributed by atoms with Gasteiger partial charge in [-0.15, -0.1) is 0 Å². The van der Waals surface area contributed by atoms with Crippen LogP contribution in [0.2, 0.25) is 25.7 Å². The lowest BCUT2D eigenvalue weighted by atomic mass is 10.1. The monoisotopic (exact) mass is 442 g/mol. The van der Waals surface area contributed by atoms with E-state index in [-0.39, 0.29) is 29.1 Å². The zero-order valence-corrected chi connectivity index (χ0v) is 20.1. The maximum atomic E-state index is 13.0. The predicted octanol–water partition coefficient (Wildman–Crippen LogP) is 4.93. The van der Waals surface area contributed by atoms with Gasteiger partial charge in [-0.05, 0) is 24.6 Å². The molecule has 0 aliphatic heterocycles. The number of methoxy groups -OCH3 is 2. The fraction of sp³-hybridized carbons (Fsp3) is 0.435. The van der Waals surface area contributed by atoms with Crippen molar-refractivity contribution in [3.05, 3.63) is 35.4 Å². The SMILES string of the molecule is CCCC#Cc1cccc(Oc2nc(OC)cc(OC)n2)c1C(=O)OCC[Si](C)(C)C. The van der Waals surface area contributed by atoms with Crippen molar-refractivity contribution in [2.45, 2.75) is 45.5 Å². The van der Waals surface area contributed by atoms with Crippen molar-refractivity contribution in [3.63, 3.8) is 0 Å². The molecule has 0 saturated heterocycles. The summed E-state index contributed by atoms with van der Waals surface area (Å²) in [6.45, 7) is 9.09. The first-order valence-corrected chi connectivity index (χ1v) is 13.9. The summed E-state index contributed by atoms with van der Waals surface area (Å²) in [4.78, 5) is 21.4. The molecule has 0 unspecified atom stereocenters. The van der Waals surface area contributed by atoms with Crippen LogP contribution < -0.4 is 14.2 Å². The van der Waals surface area contributed by atoms with Gasteiger partial charge in [0.1, 0.15) is 11.3 Å². The number of carbonyl (C=O) groups excluding carboxylic acids is 1.